The number of benzene rings is 1. The van der Waals surface area contributed by atoms with Crippen LogP contribution in [0.3, 0.4) is 0 Å². The maximum absolute atomic E-state index is 10.0. The largest absolute Gasteiger partial charge is 0.512 e. The van der Waals surface area contributed by atoms with Gasteiger partial charge in [-0.2, -0.15) is 0 Å². The van der Waals surface area contributed by atoms with E-state index in [1.807, 2.05) is 18.2 Å². The molecule has 1 saturated carbocycles. The number of phenolic OH excluding ortho intramolecular Hbond substituents is 1. The topological polar surface area (TPSA) is 40.5 Å². The molecule has 0 amide bonds. The lowest BCUT2D eigenvalue weighted by atomic mass is 9.58. The standard InChI is InChI=1S/C23H32O2/c1-16-15-19(7-10-21(16)25)23(18-5-8-20(24)9-6-18)13-11-17(12-14-23)22(2,3)4/h5-10,16-17,24-25H,11-15H2,1-4H3. The first-order chi connectivity index (χ1) is 11.7. The first-order valence-corrected chi connectivity index (χ1v) is 9.62. The molecule has 1 aromatic carbocycles. The zero-order chi connectivity index (χ0) is 18.2. The van der Waals surface area contributed by atoms with E-state index in [4.69, 9.17) is 0 Å². The summed E-state index contributed by atoms with van der Waals surface area (Å²) in [6, 6.07) is 7.81. The van der Waals surface area contributed by atoms with Gasteiger partial charge in [-0.1, -0.05) is 51.5 Å². The summed E-state index contributed by atoms with van der Waals surface area (Å²) in [7, 11) is 0. The molecule has 2 nitrogen and oxygen atoms in total. The highest BCUT2D eigenvalue weighted by Gasteiger charge is 2.43. The first-order valence-electron chi connectivity index (χ1n) is 9.62. The van der Waals surface area contributed by atoms with Crippen molar-refractivity contribution in [3.05, 3.63) is 53.3 Å². The first kappa shape index (κ1) is 18.1. The van der Waals surface area contributed by atoms with E-state index in [2.05, 4.69) is 45.9 Å². The van der Waals surface area contributed by atoms with Crippen LogP contribution < -0.4 is 0 Å². The number of hydrogen-bond acceptors (Lipinski definition) is 2. The summed E-state index contributed by atoms with van der Waals surface area (Å²) in [5.74, 6) is 1.76. The number of allylic oxidation sites excluding steroid dienone is 4. The Morgan fingerprint density at radius 1 is 0.960 bits per heavy atom. The van der Waals surface area contributed by atoms with Crippen molar-refractivity contribution >= 4 is 0 Å². The number of aliphatic hydroxyl groups is 1. The Kier molecular flexibility index (Phi) is 4.74. The normalized spacial score (nSPS) is 30.6. The molecule has 0 radical (unpaired) electrons. The lowest BCUT2D eigenvalue weighted by Crippen LogP contribution is -2.38. The zero-order valence-electron chi connectivity index (χ0n) is 16.0. The molecule has 2 N–H and O–H groups in total. The Morgan fingerprint density at radius 3 is 2.08 bits per heavy atom. The molecule has 1 fully saturated rings. The van der Waals surface area contributed by atoms with E-state index in [1.54, 1.807) is 0 Å². The van der Waals surface area contributed by atoms with Gasteiger partial charge in [-0.15, -0.1) is 0 Å². The summed E-state index contributed by atoms with van der Waals surface area (Å²) >= 11 is 0. The third-order valence-electron chi connectivity index (χ3n) is 6.58. The number of aliphatic hydroxyl groups excluding tert-OH is 1. The molecule has 1 atom stereocenters. The molecule has 0 spiro atoms. The van der Waals surface area contributed by atoms with Gasteiger partial charge in [0.05, 0.1) is 5.76 Å². The molecule has 0 heterocycles. The molecular formula is C23H32O2. The van der Waals surface area contributed by atoms with Crippen LogP contribution >= 0.6 is 0 Å². The fraction of sp³-hybridized carbons (Fsp3) is 0.565. The monoisotopic (exact) mass is 340 g/mol. The van der Waals surface area contributed by atoms with Gasteiger partial charge in [0.25, 0.3) is 0 Å². The molecule has 3 rings (SSSR count). The van der Waals surface area contributed by atoms with Crippen LogP contribution in [0.15, 0.2) is 47.7 Å². The number of aromatic hydroxyl groups is 1. The van der Waals surface area contributed by atoms with Gasteiger partial charge in [0.1, 0.15) is 5.75 Å². The van der Waals surface area contributed by atoms with Gasteiger partial charge in [-0.05, 0) is 67.2 Å². The van der Waals surface area contributed by atoms with Crippen molar-refractivity contribution in [3.63, 3.8) is 0 Å². The summed E-state index contributed by atoms with van der Waals surface area (Å²) in [6.45, 7) is 9.17. The number of rotatable bonds is 2. The van der Waals surface area contributed by atoms with Crippen LogP contribution in [0, 0.1) is 17.3 Å². The maximum Gasteiger partial charge on any atom is 0.115 e. The van der Waals surface area contributed by atoms with Crippen molar-refractivity contribution in [1.82, 2.24) is 0 Å². The van der Waals surface area contributed by atoms with E-state index in [9.17, 15) is 10.2 Å². The van der Waals surface area contributed by atoms with Crippen molar-refractivity contribution in [3.8, 4) is 5.75 Å². The summed E-state index contributed by atoms with van der Waals surface area (Å²) in [5.41, 5.74) is 3.15. The van der Waals surface area contributed by atoms with E-state index in [-0.39, 0.29) is 11.3 Å². The molecule has 2 heteroatoms. The maximum atomic E-state index is 10.0. The molecule has 2 aliphatic rings. The van der Waals surface area contributed by atoms with Crippen molar-refractivity contribution in [1.29, 1.82) is 0 Å². The molecule has 0 aliphatic heterocycles. The summed E-state index contributed by atoms with van der Waals surface area (Å²) < 4.78 is 0. The van der Waals surface area contributed by atoms with Gasteiger partial charge in [0.15, 0.2) is 0 Å². The third kappa shape index (κ3) is 3.49. The van der Waals surface area contributed by atoms with Gasteiger partial charge in [-0.25, -0.2) is 0 Å². The Balaban J connectivity index is 1.98. The van der Waals surface area contributed by atoms with E-state index in [0.717, 1.165) is 25.2 Å². The second-order valence-electron chi connectivity index (χ2n) is 9.16. The fourth-order valence-corrected chi connectivity index (χ4v) is 4.76. The van der Waals surface area contributed by atoms with Crippen molar-refractivity contribution in [2.75, 3.05) is 0 Å². The minimum absolute atomic E-state index is 0.0426. The highest BCUT2D eigenvalue weighted by atomic mass is 16.3. The molecule has 0 saturated heterocycles. The Hall–Kier alpha value is -1.70. The lowest BCUT2D eigenvalue weighted by molar-refractivity contribution is 0.142. The van der Waals surface area contributed by atoms with Crippen molar-refractivity contribution < 1.29 is 10.2 Å². The van der Waals surface area contributed by atoms with Crippen LogP contribution in [-0.2, 0) is 5.41 Å². The van der Waals surface area contributed by atoms with Crippen molar-refractivity contribution in [2.24, 2.45) is 17.3 Å². The van der Waals surface area contributed by atoms with Crippen LogP contribution in [0.5, 0.6) is 5.75 Å². The van der Waals surface area contributed by atoms with E-state index < -0.39 is 0 Å². The molecule has 1 aromatic rings. The van der Waals surface area contributed by atoms with Gasteiger partial charge in [0, 0.05) is 11.3 Å². The quantitative estimate of drug-likeness (QED) is 0.665. The summed E-state index contributed by atoms with van der Waals surface area (Å²) in [4.78, 5) is 0. The Morgan fingerprint density at radius 2 is 1.56 bits per heavy atom. The van der Waals surface area contributed by atoms with Crippen LogP contribution in [0.25, 0.3) is 0 Å². The summed E-state index contributed by atoms with van der Waals surface area (Å²) in [5, 5.41) is 19.7. The minimum atomic E-state index is 0.0426. The van der Waals surface area contributed by atoms with Gasteiger partial charge >= 0.3 is 0 Å². The average molecular weight is 341 g/mol. The van der Waals surface area contributed by atoms with Crippen LogP contribution in [0.2, 0.25) is 0 Å². The van der Waals surface area contributed by atoms with E-state index >= 15 is 0 Å². The lowest BCUT2D eigenvalue weighted by Gasteiger charge is -2.47. The summed E-state index contributed by atoms with van der Waals surface area (Å²) in [6.07, 6.45) is 9.71. The predicted molar refractivity (Wildman–Crippen MR) is 104 cm³/mol. The van der Waals surface area contributed by atoms with Gasteiger partial charge in [-0.3, -0.25) is 0 Å². The molecule has 136 valence electrons. The molecular weight excluding hydrogens is 308 g/mol. The van der Waals surface area contributed by atoms with Crippen LogP contribution in [-0.4, -0.2) is 10.2 Å². The zero-order valence-corrected chi connectivity index (χ0v) is 16.0. The second-order valence-corrected chi connectivity index (χ2v) is 9.16. The SMILES string of the molecule is CC1CC(C2(c3ccc(O)cc3)CCC(C(C)(C)C)CC2)=CC=C1O. The molecule has 2 aliphatic carbocycles. The highest BCUT2D eigenvalue weighted by Crippen LogP contribution is 2.52. The smallest absolute Gasteiger partial charge is 0.115 e. The van der Waals surface area contributed by atoms with Crippen molar-refractivity contribution in [2.45, 2.75) is 65.2 Å². The minimum Gasteiger partial charge on any atom is -0.512 e. The molecule has 0 bridgehead atoms. The van der Waals surface area contributed by atoms with Gasteiger partial charge in [0.2, 0.25) is 0 Å². The second kappa shape index (κ2) is 6.55. The van der Waals surface area contributed by atoms with Crippen LogP contribution in [0.4, 0.5) is 0 Å². The highest BCUT2D eigenvalue weighted by molar-refractivity contribution is 5.43. The Bertz CT molecular complexity index is 665. The van der Waals surface area contributed by atoms with E-state index in [0.29, 0.717) is 16.9 Å². The number of phenols is 1. The number of hydrogen-bond donors (Lipinski definition) is 2. The fourth-order valence-electron chi connectivity index (χ4n) is 4.76. The third-order valence-corrected chi connectivity index (χ3v) is 6.58. The van der Waals surface area contributed by atoms with E-state index in [1.165, 1.54) is 24.0 Å². The molecule has 1 unspecified atom stereocenters. The Labute approximate surface area is 152 Å². The van der Waals surface area contributed by atoms with Gasteiger partial charge < -0.3 is 10.2 Å². The molecule has 25 heavy (non-hydrogen) atoms. The van der Waals surface area contributed by atoms with Crippen LogP contribution in [0.1, 0.15) is 65.4 Å². The predicted octanol–water partition coefficient (Wildman–Crippen LogP) is 6.27. The average Bonchev–Trinajstić information content (AvgIpc) is 2.57. The molecule has 0 aromatic heterocycles.